The number of ether oxygens (including phenoxy) is 1. The Hall–Kier alpha value is -3.74. The molecule has 3 heterocycles. The van der Waals surface area contributed by atoms with E-state index in [1.807, 2.05) is 24.5 Å². The monoisotopic (exact) mass is 405 g/mol. The first-order chi connectivity index (χ1) is 14.3. The van der Waals surface area contributed by atoms with E-state index >= 15 is 0 Å². The predicted molar refractivity (Wildman–Crippen MR) is 111 cm³/mol. The summed E-state index contributed by atoms with van der Waals surface area (Å²) in [5.74, 6) is -0.836. The number of pyridine rings is 1. The molecule has 0 saturated carbocycles. The van der Waals surface area contributed by atoms with E-state index in [0.29, 0.717) is 22.6 Å². The van der Waals surface area contributed by atoms with E-state index in [1.165, 1.54) is 22.6 Å². The van der Waals surface area contributed by atoms with Gasteiger partial charge in [0.05, 0.1) is 11.3 Å². The summed E-state index contributed by atoms with van der Waals surface area (Å²) in [4.78, 5) is 29.4. The number of rotatable bonds is 4. The van der Waals surface area contributed by atoms with Crippen molar-refractivity contribution in [3.63, 3.8) is 0 Å². The number of halogens is 1. The molecule has 30 heavy (non-hydrogen) atoms. The third-order valence-electron chi connectivity index (χ3n) is 4.95. The lowest BCUT2D eigenvalue weighted by Gasteiger charge is -2.10. The standard InChI is InChI=1S/C23H20FN3O3/c1-14-4-9-21-25-18(11-22(28)26(21)12-14)13-30-23(29)20-10-15(2)27(16(20)3)19-7-5-17(24)6-8-19/h4-12H,13H2,1-3H3. The Labute approximate surface area is 172 Å². The minimum atomic E-state index is -0.512. The van der Waals surface area contributed by atoms with Gasteiger partial charge in [0.1, 0.15) is 18.1 Å². The van der Waals surface area contributed by atoms with Crippen molar-refractivity contribution in [2.24, 2.45) is 0 Å². The third kappa shape index (κ3) is 3.61. The maximum absolute atomic E-state index is 13.2. The van der Waals surface area contributed by atoms with Gasteiger partial charge >= 0.3 is 5.97 Å². The van der Waals surface area contributed by atoms with Gasteiger partial charge < -0.3 is 9.30 Å². The van der Waals surface area contributed by atoms with Crippen LogP contribution in [0.15, 0.2) is 59.5 Å². The SMILES string of the molecule is Cc1ccc2nc(COC(=O)c3cc(C)n(-c4ccc(F)cc4)c3C)cc(=O)n2c1. The highest BCUT2D eigenvalue weighted by atomic mass is 19.1. The van der Waals surface area contributed by atoms with E-state index in [4.69, 9.17) is 4.74 Å². The lowest BCUT2D eigenvalue weighted by Crippen LogP contribution is -2.17. The molecule has 0 amide bonds. The first-order valence-corrected chi connectivity index (χ1v) is 9.44. The zero-order valence-corrected chi connectivity index (χ0v) is 16.8. The summed E-state index contributed by atoms with van der Waals surface area (Å²) in [5, 5.41) is 0. The average molecular weight is 405 g/mol. The molecule has 0 fully saturated rings. The second kappa shape index (κ2) is 7.59. The van der Waals surface area contributed by atoms with Gasteiger partial charge in [0, 0.05) is 29.3 Å². The van der Waals surface area contributed by atoms with Crippen molar-refractivity contribution < 1.29 is 13.9 Å². The van der Waals surface area contributed by atoms with E-state index in [1.54, 1.807) is 37.4 Å². The number of hydrogen-bond donors (Lipinski definition) is 0. The molecular weight excluding hydrogens is 385 g/mol. The van der Waals surface area contributed by atoms with Crippen LogP contribution in [-0.2, 0) is 11.3 Å². The van der Waals surface area contributed by atoms with Gasteiger partial charge in [-0.1, -0.05) is 6.07 Å². The molecule has 4 aromatic rings. The van der Waals surface area contributed by atoms with Crippen LogP contribution in [0.2, 0.25) is 0 Å². The minimum Gasteiger partial charge on any atom is -0.456 e. The van der Waals surface area contributed by atoms with Crippen molar-refractivity contribution in [1.29, 1.82) is 0 Å². The second-order valence-electron chi connectivity index (χ2n) is 7.19. The number of aryl methyl sites for hydroxylation is 2. The first kappa shape index (κ1) is 19.6. The molecule has 0 radical (unpaired) electrons. The topological polar surface area (TPSA) is 65.6 Å². The highest BCUT2D eigenvalue weighted by Crippen LogP contribution is 2.22. The Morgan fingerprint density at radius 3 is 2.53 bits per heavy atom. The summed E-state index contributed by atoms with van der Waals surface area (Å²) >= 11 is 0. The van der Waals surface area contributed by atoms with E-state index in [-0.39, 0.29) is 18.0 Å². The number of carbonyl (C=O) groups is 1. The molecule has 0 atom stereocenters. The number of fused-ring (bicyclic) bond motifs is 1. The molecule has 3 aromatic heterocycles. The zero-order chi connectivity index (χ0) is 21.4. The van der Waals surface area contributed by atoms with Crippen molar-refractivity contribution in [3.05, 3.63) is 99.1 Å². The summed E-state index contributed by atoms with van der Waals surface area (Å²) in [5.41, 5.74) is 4.26. The third-order valence-corrected chi connectivity index (χ3v) is 4.95. The number of esters is 1. The lowest BCUT2D eigenvalue weighted by molar-refractivity contribution is 0.0467. The van der Waals surface area contributed by atoms with Gasteiger partial charge in [-0.3, -0.25) is 9.20 Å². The van der Waals surface area contributed by atoms with E-state index in [9.17, 15) is 14.0 Å². The normalized spacial score (nSPS) is 11.1. The van der Waals surface area contributed by atoms with Gasteiger partial charge in [0.15, 0.2) is 0 Å². The molecule has 0 spiro atoms. The summed E-state index contributed by atoms with van der Waals surface area (Å²) < 4.78 is 22.0. The number of benzene rings is 1. The van der Waals surface area contributed by atoms with Crippen LogP contribution >= 0.6 is 0 Å². The van der Waals surface area contributed by atoms with Gasteiger partial charge in [-0.05, 0) is 62.7 Å². The number of hydrogen-bond acceptors (Lipinski definition) is 4. The Morgan fingerprint density at radius 1 is 1.07 bits per heavy atom. The van der Waals surface area contributed by atoms with Crippen LogP contribution in [0.1, 0.15) is 33.0 Å². The molecule has 0 aliphatic heterocycles. The van der Waals surface area contributed by atoms with Gasteiger partial charge in [0.25, 0.3) is 5.56 Å². The Morgan fingerprint density at radius 2 is 1.80 bits per heavy atom. The van der Waals surface area contributed by atoms with Crippen molar-refractivity contribution in [2.45, 2.75) is 27.4 Å². The Balaban J connectivity index is 1.57. The van der Waals surface area contributed by atoms with Crippen molar-refractivity contribution >= 4 is 11.6 Å². The van der Waals surface area contributed by atoms with Gasteiger partial charge in [-0.2, -0.15) is 0 Å². The maximum atomic E-state index is 13.2. The lowest BCUT2D eigenvalue weighted by atomic mass is 10.2. The molecule has 7 heteroatoms. The number of carbonyl (C=O) groups excluding carboxylic acids is 1. The summed E-state index contributed by atoms with van der Waals surface area (Å²) in [6.07, 6.45) is 1.71. The van der Waals surface area contributed by atoms with Crippen LogP contribution in [-0.4, -0.2) is 19.9 Å². The molecule has 152 valence electrons. The molecule has 1 aromatic carbocycles. The van der Waals surface area contributed by atoms with Gasteiger partial charge in [0.2, 0.25) is 0 Å². The molecular formula is C23H20FN3O3. The Kier molecular flexibility index (Phi) is 4.95. The van der Waals surface area contributed by atoms with Gasteiger partial charge in [-0.15, -0.1) is 0 Å². The first-order valence-electron chi connectivity index (χ1n) is 9.44. The van der Waals surface area contributed by atoms with Crippen LogP contribution in [0.25, 0.3) is 11.3 Å². The molecule has 0 bridgehead atoms. The van der Waals surface area contributed by atoms with Crippen LogP contribution in [0.4, 0.5) is 4.39 Å². The van der Waals surface area contributed by atoms with Crippen molar-refractivity contribution in [1.82, 2.24) is 14.0 Å². The molecule has 6 nitrogen and oxygen atoms in total. The Bertz CT molecular complexity index is 1320. The molecule has 0 unspecified atom stereocenters. The molecule has 0 aliphatic rings. The quantitative estimate of drug-likeness (QED) is 0.483. The molecule has 0 N–H and O–H groups in total. The fraction of sp³-hybridized carbons (Fsp3) is 0.174. The summed E-state index contributed by atoms with van der Waals surface area (Å²) in [7, 11) is 0. The van der Waals surface area contributed by atoms with Crippen LogP contribution in [0.5, 0.6) is 0 Å². The summed E-state index contributed by atoms with van der Waals surface area (Å²) in [6.45, 7) is 5.44. The van der Waals surface area contributed by atoms with E-state index in [0.717, 1.165) is 16.9 Å². The molecule has 0 aliphatic carbocycles. The van der Waals surface area contributed by atoms with Gasteiger partial charge in [-0.25, -0.2) is 14.2 Å². The average Bonchev–Trinajstić information content (AvgIpc) is 3.02. The van der Waals surface area contributed by atoms with Crippen molar-refractivity contribution in [2.75, 3.05) is 0 Å². The largest absolute Gasteiger partial charge is 0.456 e. The van der Waals surface area contributed by atoms with E-state index < -0.39 is 5.97 Å². The number of aromatic nitrogens is 3. The molecule has 0 saturated heterocycles. The predicted octanol–water partition coefficient (Wildman–Crippen LogP) is 3.91. The highest BCUT2D eigenvalue weighted by Gasteiger charge is 2.18. The van der Waals surface area contributed by atoms with Crippen molar-refractivity contribution in [3.8, 4) is 5.69 Å². The van der Waals surface area contributed by atoms with E-state index in [2.05, 4.69) is 4.98 Å². The van der Waals surface area contributed by atoms with Crippen LogP contribution in [0, 0.1) is 26.6 Å². The van der Waals surface area contributed by atoms with Crippen LogP contribution in [0.3, 0.4) is 0 Å². The molecule has 4 rings (SSSR count). The fourth-order valence-electron chi connectivity index (χ4n) is 3.51. The maximum Gasteiger partial charge on any atom is 0.340 e. The van der Waals surface area contributed by atoms with Crippen LogP contribution < -0.4 is 5.56 Å². The fourth-order valence-corrected chi connectivity index (χ4v) is 3.51. The zero-order valence-electron chi connectivity index (χ0n) is 16.8. The smallest absolute Gasteiger partial charge is 0.340 e. The highest BCUT2D eigenvalue weighted by molar-refractivity contribution is 5.91. The minimum absolute atomic E-state index is 0.112. The summed E-state index contributed by atoms with van der Waals surface area (Å²) in [6, 6.07) is 12.8. The number of nitrogens with zero attached hydrogens (tertiary/aromatic N) is 3. The second-order valence-corrected chi connectivity index (χ2v) is 7.19.